The molecule has 0 radical (unpaired) electrons. The molecule has 0 N–H and O–H groups in total. The Morgan fingerprint density at radius 3 is 2.74 bits per heavy atom. The van der Waals surface area contributed by atoms with E-state index in [2.05, 4.69) is 14.9 Å². The maximum Gasteiger partial charge on any atom is 0.410 e. The molecule has 3 aromatic rings. The number of piperazine rings is 1. The van der Waals surface area contributed by atoms with Crippen molar-refractivity contribution in [3.8, 4) is 22.6 Å². The average Bonchev–Trinajstić information content (AvgIpc) is 2.98. The highest BCUT2D eigenvalue weighted by Crippen LogP contribution is 2.49. The number of rotatable bonds is 2. The number of hydrogen-bond donors (Lipinski definition) is 0. The highest BCUT2D eigenvalue weighted by molar-refractivity contribution is 6.39. The van der Waals surface area contributed by atoms with E-state index in [0.29, 0.717) is 64.4 Å². The van der Waals surface area contributed by atoms with Crippen LogP contribution in [0, 0.1) is 0 Å². The number of anilines is 1. The summed E-state index contributed by atoms with van der Waals surface area (Å²) in [5.41, 5.74) is 1.45. The van der Waals surface area contributed by atoms with Gasteiger partial charge in [0.05, 0.1) is 34.1 Å². The summed E-state index contributed by atoms with van der Waals surface area (Å²) in [6.45, 7) is 7.42. The van der Waals surface area contributed by atoms with Crippen molar-refractivity contribution in [2.45, 2.75) is 32.4 Å². The van der Waals surface area contributed by atoms with Gasteiger partial charge in [0.25, 0.3) is 0 Å². The Morgan fingerprint density at radius 1 is 1.20 bits per heavy atom. The molecule has 1 aromatic heterocycles. The number of amides is 1. The maximum atomic E-state index is 12.7. The fourth-order valence-electron chi connectivity index (χ4n) is 4.57. The Morgan fingerprint density at radius 2 is 2.00 bits per heavy atom. The molecule has 10 heteroatoms. The van der Waals surface area contributed by atoms with Crippen molar-refractivity contribution in [2.24, 2.45) is 0 Å². The average molecular weight is 517 g/mol. The monoisotopic (exact) mass is 516 g/mol. The van der Waals surface area contributed by atoms with Crippen LogP contribution in [0.1, 0.15) is 20.8 Å². The summed E-state index contributed by atoms with van der Waals surface area (Å²) in [7, 11) is 1.59. The number of aromatic nitrogens is 2. The van der Waals surface area contributed by atoms with E-state index in [-0.39, 0.29) is 12.1 Å². The summed E-state index contributed by atoms with van der Waals surface area (Å²) < 4.78 is 17.4. The van der Waals surface area contributed by atoms with Crippen molar-refractivity contribution in [1.82, 2.24) is 14.9 Å². The molecule has 2 aliphatic rings. The standard InChI is InChI=1S/C25H26Cl2N4O4/c1-25(2,3)35-24(32)30-8-9-31-14(11-30)12-34-22-20-17(28-13-29-23(20)31)10-15(21(22)27)19-16(26)6-5-7-18(19)33-4/h5-7,10,13-14H,8-9,11-12H2,1-4H3/t14-/m0/s1. The van der Waals surface area contributed by atoms with E-state index in [1.54, 1.807) is 18.1 Å². The van der Waals surface area contributed by atoms with Gasteiger partial charge in [0.15, 0.2) is 5.75 Å². The van der Waals surface area contributed by atoms with E-state index in [0.717, 1.165) is 11.2 Å². The van der Waals surface area contributed by atoms with E-state index in [9.17, 15) is 4.79 Å². The molecule has 1 saturated heterocycles. The normalized spacial score (nSPS) is 17.5. The Kier molecular flexibility index (Phi) is 6.05. The number of benzene rings is 2. The van der Waals surface area contributed by atoms with Crippen LogP contribution in [0.15, 0.2) is 30.6 Å². The van der Waals surface area contributed by atoms with Crippen LogP contribution >= 0.6 is 23.2 Å². The second-order valence-corrected chi connectivity index (χ2v) is 10.3. The SMILES string of the molecule is COc1cccc(Cl)c1-c1cc2ncnc3c2c(c1Cl)OC[C@@H]1CN(C(=O)OC(C)(C)C)CCN31. The zero-order valence-electron chi connectivity index (χ0n) is 20.0. The molecule has 0 bridgehead atoms. The molecule has 0 aliphatic carbocycles. The summed E-state index contributed by atoms with van der Waals surface area (Å²) in [5, 5.41) is 1.65. The summed E-state index contributed by atoms with van der Waals surface area (Å²) >= 11 is 13.5. The molecule has 0 spiro atoms. The minimum absolute atomic E-state index is 0.129. The van der Waals surface area contributed by atoms with Gasteiger partial charge in [-0.25, -0.2) is 14.8 Å². The Bertz CT molecular complexity index is 1310. The Hall–Kier alpha value is -2.97. The third-order valence-corrected chi connectivity index (χ3v) is 6.78. The van der Waals surface area contributed by atoms with Crippen LogP contribution in [-0.2, 0) is 4.74 Å². The molecule has 1 fully saturated rings. The van der Waals surface area contributed by atoms with Crippen LogP contribution in [0.2, 0.25) is 10.0 Å². The lowest BCUT2D eigenvalue weighted by atomic mass is 10.0. The summed E-state index contributed by atoms with van der Waals surface area (Å²) in [5.74, 6) is 1.82. The topological polar surface area (TPSA) is 77.0 Å². The molecule has 0 saturated carbocycles. The van der Waals surface area contributed by atoms with Crippen molar-refractivity contribution < 1.29 is 19.0 Å². The molecule has 184 valence electrons. The first-order valence-corrected chi connectivity index (χ1v) is 12.1. The van der Waals surface area contributed by atoms with E-state index in [1.165, 1.54) is 6.33 Å². The van der Waals surface area contributed by atoms with Crippen LogP contribution in [0.3, 0.4) is 0 Å². The van der Waals surface area contributed by atoms with Crippen LogP contribution in [0.25, 0.3) is 22.0 Å². The lowest BCUT2D eigenvalue weighted by molar-refractivity contribution is 0.0202. The number of ether oxygens (including phenoxy) is 3. The molecule has 0 unspecified atom stereocenters. The predicted octanol–water partition coefficient (Wildman–Crippen LogP) is 5.43. The van der Waals surface area contributed by atoms with Crippen molar-refractivity contribution in [3.63, 3.8) is 0 Å². The first-order valence-electron chi connectivity index (χ1n) is 11.4. The van der Waals surface area contributed by atoms with E-state index < -0.39 is 5.60 Å². The van der Waals surface area contributed by atoms with Crippen LogP contribution in [-0.4, -0.2) is 66.0 Å². The van der Waals surface area contributed by atoms with Crippen molar-refractivity contribution in [3.05, 3.63) is 40.6 Å². The first kappa shape index (κ1) is 23.8. The minimum Gasteiger partial charge on any atom is -0.496 e. The minimum atomic E-state index is -0.563. The predicted molar refractivity (Wildman–Crippen MR) is 136 cm³/mol. The number of fused-ring (bicyclic) bond motifs is 2. The number of hydrogen-bond acceptors (Lipinski definition) is 7. The van der Waals surface area contributed by atoms with Gasteiger partial charge in [-0.2, -0.15) is 0 Å². The van der Waals surface area contributed by atoms with Gasteiger partial charge < -0.3 is 24.0 Å². The van der Waals surface area contributed by atoms with E-state index >= 15 is 0 Å². The van der Waals surface area contributed by atoms with Crippen LogP contribution in [0.4, 0.5) is 10.6 Å². The molecule has 5 rings (SSSR count). The molecule has 8 nitrogen and oxygen atoms in total. The summed E-state index contributed by atoms with van der Waals surface area (Å²) in [6, 6.07) is 7.19. The molecule has 2 aliphatic heterocycles. The largest absolute Gasteiger partial charge is 0.496 e. The van der Waals surface area contributed by atoms with E-state index in [4.69, 9.17) is 37.4 Å². The zero-order chi connectivity index (χ0) is 24.9. The lowest BCUT2D eigenvalue weighted by Crippen LogP contribution is -2.57. The van der Waals surface area contributed by atoms with Crippen molar-refractivity contribution in [1.29, 1.82) is 0 Å². The lowest BCUT2D eigenvalue weighted by Gasteiger charge is -2.41. The van der Waals surface area contributed by atoms with Gasteiger partial charge in [-0.15, -0.1) is 0 Å². The smallest absolute Gasteiger partial charge is 0.410 e. The highest BCUT2D eigenvalue weighted by Gasteiger charge is 2.37. The summed E-state index contributed by atoms with van der Waals surface area (Å²) in [4.78, 5) is 25.7. The second-order valence-electron chi connectivity index (χ2n) is 9.56. The number of nitrogens with zero attached hydrogens (tertiary/aromatic N) is 4. The Labute approximate surface area is 213 Å². The third kappa shape index (κ3) is 4.29. The van der Waals surface area contributed by atoms with Crippen molar-refractivity contribution >= 4 is 46.0 Å². The fourth-order valence-corrected chi connectivity index (χ4v) is 5.13. The highest BCUT2D eigenvalue weighted by atomic mass is 35.5. The second kappa shape index (κ2) is 8.91. The molecule has 2 aromatic carbocycles. The maximum absolute atomic E-state index is 12.7. The van der Waals surface area contributed by atoms with Gasteiger partial charge in [-0.1, -0.05) is 29.3 Å². The van der Waals surface area contributed by atoms with Crippen LogP contribution < -0.4 is 14.4 Å². The number of carbonyl (C=O) groups is 1. The quantitative estimate of drug-likeness (QED) is 0.449. The van der Waals surface area contributed by atoms with Gasteiger partial charge in [0, 0.05) is 30.8 Å². The summed E-state index contributed by atoms with van der Waals surface area (Å²) in [6.07, 6.45) is 1.20. The first-order chi connectivity index (χ1) is 16.7. The molecule has 1 amide bonds. The number of halogens is 2. The molecular weight excluding hydrogens is 491 g/mol. The Balaban J connectivity index is 1.57. The molecular formula is C25H26Cl2N4O4. The van der Waals surface area contributed by atoms with Gasteiger partial charge in [0.2, 0.25) is 0 Å². The molecule has 3 heterocycles. The fraction of sp³-hybridized carbons (Fsp3) is 0.400. The number of methoxy groups -OCH3 is 1. The zero-order valence-corrected chi connectivity index (χ0v) is 21.5. The van der Waals surface area contributed by atoms with E-state index in [1.807, 2.05) is 39.0 Å². The van der Waals surface area contributed by atoms with Crippen LogP contribution in [0.5, 0.6) is 11.5 Å². The molecule has 1 atom stereocenters. The van der Waals surface area contributed by atoms with Crippen molar-refractivity contribution in [2.75, 3.05) is 38.3 Å². The van der Waals surface area contributed by atoms with Gasteiger partial charge in [-0.05, 0) is 39.0 Å². The number of carbonyl (C=O) groups excluding carboxylic acids is 1. The van der Waals surface area contributed by atoms with Gasteiger partial charge in [0.1, 0.15) is 30.1 Å². The van der Waals surface area contributed by atoms with Gasteiger partial charge in [-0.3, -0.25) is 0 Å². The molecule has 35 heavy (non-hydrogen) atoms. The van der Waals surface area contributed by atoms with Gasteiger partial charge >= 0.3 is 6.09 Å². The third-order valence-electron chi connectivity index (χ3n) is 6.09.